The van der Waals surface area contributed by atoms with Crippen LogP contribution in [-0.2, 0) is 4.79 Å². The molecule has 19 heavy (non-hydrogen) atoms. The van der Waals surface area contributed by atoms with Crippen LogP contribution in [0.3, 0.4) is 0 Å². The molecule has 2 aliphatic rings. The van der Waals surface area contributed by atoms with Gasteiger partial charge in [-0.3, -0.25) is 4.79 Å². The van der Waals surface area contributed by atoms with Gasteiger partial charge in [0.25, 0.3) is 0 Å². The lowest BCUT2D eigenvalue weighted by molar-refractivity contribution is -0.125. The van der Waals surface area contributed by atoms with Crippen LogP contribution in [0.4, 0.5) is 5.69 Å². The minimum Gasteiger partial charge on any atom is -0.490 e. The molecule has 1 fully saturated rings. The number of para-hydroxylation sites is 2. The van der Waals surface area contributed by atoms with Crippen LogP contribution in [0.25, 0.3) is 0 Å². The predicted molar refractivity (Wildman–Crippen MR) is 74.3 cm³/mol. The van der Waals surface area contributed by atoms with Gasteiger partial charge >= 0.3 is 0 Å². The van der Waals surface area contributed by atoms with Crippen LogP contribution in [0.15, 0.2) is 24.3 Å². The SMILES string of the molecule is NC1(C(=O)N2CCOc3ccccc32)CCCCC1. The molecular formula is C15H20N2O2. The summed E-state index contributed by atoms with van der Waals surface area (Å²) in [4.78, 5) is 14.6. The van der Waals surface area contributed by atoms with E-state index in [-0.39, 0.29) is 5.91 Å². The Bertz CT molecular complexity index is 481. The fourth-order valence-electron chi connectivity index (χ4n) is 3.05. The summed E-state index contributed by atoms with van der Waals surface area (Å²) in [5.41, 5.74) is 6.54. The van der Waals surface area contributed by atoms with Crippen molar-refractivity contribution in [3.8, 4) is 5.75 Å². The molecule has 1 amide bonds. The van der Waals surface area contributed by atoms with Crippen LogP contribution >= 0.6 is 0 Å². The third-order valence-corrected chi connectivity index (χ3v) is 4.15. The quantitative estimate of drug-likeness (QED) is 0.841. The van der Waals surface area contributed by atoms with E-state index in [2.05, 4.69) is 0 Å². The van der Waals surface area contributed by atoms with Gasteiger partial charge in [0.15, 0.2) is 0 Å². The van der Waals surface area contributed by atoms with Crippen molar-refractivity contribution in [3.63, 3.8) is 0 Å². The zero-order valence-corrected chi connectivity index (χ0v) is 11.1. The van der Waals surface area contributed by atoms with E-state index >= 15 is 0 Å². The predicted octanol–water partition coefficient (Wildman–Crippen LogP) is 2.07. The number of amides is 1. The third-order valence-electron chi connectivity index (χ3n) is 4.15. The van der Waals surface area contributed by atoms with Crippen molar-refractivity contribution in [1.82, 2.24) is 0 Å². The largest absolute Gasteiger partial charge is 0.490 e. The van der Waals surface area contributed by atoms with Crippen LogP contribution in [0, 0.1) is 0 Å². The molecule has 4 heteroatoms. The van der Waals surface area contributed by atoms with E-state index in [9.17, 15) is 4.79 Å². The number of nitrogens with zero attached hydrogens (tertiary/aromatic N) is 1. The smallest absolute Gasteiger partial charge is 0.247 e. The average Bonchev–Trinajstić information content (AvgIpc) is 2.47. The molecule has 0 spiro atoms. The zero-order chi connectivity index (χ0) is 13.3. The molecule has 2 N–H and O–H groups in total. The van der Waals surface area contributed by atoms with Crippen LogP contribution < -0.4 is 15.4 Å². The van der Waals surface area contributed by atoms with Crippen LogP contribution in [0.2, 0.25) is 0 Å². The maximum absolute atomic E-state index is 12.8. The molecule has 102 valence electrons. The summed E-state index contributed by atoms with van der Waals surface area (Å²) in [5, 5.41) is 0. The molecule has 1 aliphatic carbocycles. The van der Waals surface area contributed by atoms with Crippen LogP contribution in [-0.4, -0.2) is 24.6 Å². The Morgan fingerprint density at radius 2 is 1.95 bits per heavy atom. The second-order valence-corrected chi connectivity index (χ2v) is 5.49. The van der Waals surface area contributed by atoms with Gasteiger partial charge in [0.05, 0.1) is 17.8 Å². The highest BCUT2D eigenvalue weighted by molar-refractivity contribution is 6.01. The maximum Gasteiger partial charge on any atom is 0.247 e. The maximum atomic E-state index is 12.8. The Labute approximate surface area is 113 Å². The van der Waals surface area contributed by atoms with Crippen molar-refractivity contribution in [1.29, 1.82) is 0 Å². The second kappa shape index (κ2) is 4.85. The molecule has 1 aliphatic heterocycles. The number of anilines is 1. The molecule has 0 bridgehead atoms. The van der Waals surface area contributed by atoms with Gasteiger partial charge in [-0.1, -0.05) is 31.4 Å². The van der Waals surface area contributed by atoms with Gasteiger partial charge in [-0.15, -0.1) is 0 Å². The minimum atomic E-state index is -0.678. The molecule has 0 atom stereocenters. The number of carbonyl (C=O) groups is 1. The Balaban J connectivity index is 1.88. The standard InChI is InChI=1S/C15H20N2O2/c16-15(8-4-1-5-9-15)14(18)17-10-11-19-13-7-3-2-6-12(13)17/h2-3,6-7H,1,4-5,8-11,16H2. The molecule has 1 saturated carbocycles. The fraction of sp³-hybridized carbons (Fsp3) is 0.533. The Morgan fingerprint density at radius 1 is 1.21 bits per heavy atom. The lowest BCUT2D eigenvalue weighted by atomic mass is 9.81. The summed E-state index contributed by atoms with van der Waals surface area (Å²) in [5.74, 6) is 0.837. The number of ether oxygens (including phenoxy) is 1. The molecule has 1 aromatic rings. The number of carbonyl (C=O) groups excluding carboxylic acids is 1. The molecule has 0 aromatic heterocycles. The molecule has 0 unspecified atom stereocenters. The molecule has 3 rings (SSSR count). The summed E-state index contributed by atoms with van der Waals surface area (Å²) in [7, 11) is 0. The zero-order valence-electron chi connectivity index (χ0n) is 11.1. The van der Waals surface area contributed by atoms with Gasteiger partial charge in [-0.2, -0.15) is 0 Å². The number of hydrogen-bond acceptors (Lipinski definition) is 3. The first kappa shape index (κ1) is 12.5. The molecule has 0 radical (unpaired) electrons. The van der Waals surface area contributed by atoms with Crippen molar-refractivity contribution in [3.05, 3.63) is 24.3 Å². The van der Waals surface area contributed by atoms with E-state index in [1.54, 1.807) is 0 Å². The number of nitrogens with two attached hydrogens (primary N) is 1. The van der Waals surface area contributed by atoms with E-state index < -0.39 is 5.54 Å². The van der Waals surface area contributed by atoms with Crippen LogP contribution in [0.1, 0.15) is 32.1 Å². The average molecular weight is 260 g/mol. The van der Waals surface area contributed by atoms with E-state index in [1.165, 1.54) is 6.42 Å². The Morgan fingerprint density at radius 3 is 2.74 bits per heavy atom. The van der Waals surface area contributed by atoms with Gasteiger partial charge in [0.1, 0.15) is 12.4 Å². The van der Waals surface area contributed by atoms with Crippen molar-refractivity contribution in [2.45, 2.75) is 37.6 Å². The van der Waals surface area contributed by atoms with E-state index in [0.29, 0.717) is 13.2 Å². The molecular weight excluding hydrogens is 240 g/mol. The van der Waals surface area contributed by atoms with E-state index in [1.807, 2.05) is 29.2 Å². The van der Waals surface area contributed by atoms with Gasteiger partial charge in [0.2, 0.25) is 5.91 Å². The van der Waals surface area contributed by atoms with E-state index in [4.69, 9.17) is 10.5 Å². The van der Waals surface area contributed by atoms with Crippen molar-refractivity contribution >= 4 is 11.6 Å². The van der Waals surface area contributed by atoms with E-state index in [0.717, 1.165) is 37.1 Å². The highest BCUT2D eigenvalue weighted by Gasteiger charge is 2.40. The second-order valence-electron chi connectivity index (χ2n) is 5.49. The number of benzene rings is 1. The van der Waals surface area contributed by atoms with Crippen LogP contribution in [0.5, 0.6) is 5.75 Å². The molecule has 4 nitrogen and oxygen atoms in total. The van der Waals surface area contributed by atoms with Crippen molar-refractivity contribution in [2.75, 3.05) is 18.1 Å². The molecule has 1 heterocycles. The van der Waals surface area contributed by atoms with Crippen molar-refractivity contribution < 1.29 is 9.53 Å². The molecule has 0 saturated heterocycles. The van der Waals surface area contributed by atoms with Crippen molar-refractivity contribution in [2.24, 2.45) is 5.73 Å². The number of rotatable bonds is 1. The molecule has 1 aromatic carbocycles. The number of hydrogen-bond donors (Lipinski definition) is 1. The first-order valence-corrected chi connectivity index (χ1v) is 7.03. The van der Waals surface area contributed by atoms with Gasteiger partial charge in [-0.05, 0) is 25.0 Å². The Hall–Kier alpha value is -1.55. The fourth-order valence-corrected chi connectivity index (χ4v) is 3.05. The number of fused-ring (bicyclic) bond motifs is 1. The summed E-state index contributed by atoms with van der Waals surface area (Å²) < 4.78 is 5.59. The summed E-state index contributed by atoms with van der Waals surface area (Å²) in [6.07, 6.45) is 4.88. The minimum absolute atomic E-state index is 0.0583. The first-order chi connectivity index (χ1) is 9.21. The highest BCUT2D eigenvalue weighted by atomic mass is 16.5. The summed E-state index contributed by atoms with van der Waals surface area (Å²) in [6.45, 7) is 1.13. The highest BCUT2D eigenvalue weighted by Crippen LogP contribution is 2.35. The van der Waals surface area contributed by atoms with Gasteiger partial charge in [-0.25, -0.2) is 0 Å². The van der Waals surface area contributed by atoms with Gasteiger partial charge < -0.3 is 15.4 Å². The Kier molecular flexibility index (Phi) is 3.19. The summed E-state index contributed by atoms with van der Waals surface area (Å²) >= 11 is 0. The third kappa shape index (κ3) is 2.21. The monoisotopic (exact) mass is 260 g/mol. The lowest BCUT2D eigenvalue weighted by Gasteiger charge is -2.38. The first-order valence-electron chi connectivity index (χ1n) is 7.03. The summed E-state index contributed by atoms with van der Waals surface area (Å²) in [6, 6.07) is 7.68. The normalized spacial score (nSPS) is 21.4. The van der Waals surface area contributed by atoms with Gasteiger partial charge in [0, 0.05) is 0 Å². The topological polar surface area (TPSA) is 55.6 Å². The lowest BCUT2D eigenvalue weighted by Crippen LogP contribution is -2.57.